The Hall–Kier alpha value is -3.22. The Balaban J connectivity index is 1.55. The number of fused-ring (bicyclic) bond motifs is 1. The molecule has 7 nitrogen and oxygen atoms in total. The second kappa shape index (κ2) is 8.86. The van der Waals surface area contributed by atoms with E-state index >= 15 is 0 Å². The number of Topliss-reactive ketones (excluding diaryl/α,β-unsaturated/α-hetero) is 1. The minimum Gasteiger partial charge on any atom is -0.479 e. The fourth-order valence-electron chi connectivity index (χ4n) is 3.21. The highest BCUT2D eigenvalue weighted by atomic mass is 16.5. The van der Waals surface area contributed by atoms with Gasteiger partial charge >= 0.3 is 0 Å². The molecule has 3 rings (SSSR count). The highest BCUT2D eigenvalue weighted by Gasteiger charge is 2.29. The quantitative estimate of drug-likeness (QED) is 0.673. The van der Waals surface area contributed by atoms with Crippen LogP contribution in [-0.2, 0) is 16.0 Å². The number of hydrogen-bond donors (Lipinski definition) is 0. The number of nitrogens with zero attached hydrogens (tertiary/aromatic N) is 3. The summed E-state index contributed by atoms with van der Waals surface area (Å²) in [6.45, 7) is 2.27. The Labute approximate surface area is 170 Å². The number of carbonyl (C=O) groups is 3. The van der Waals surface area contributed by atoms with Gasteiger partial charge in [0.15, 0.2) is 11.9 Å². The molecule has 2 amide bonds. The Bertz CT molecular complexity index is 914. The van der Waals surface area contributed by atoms with Gasteiger partial charge in [0.05, 0.1) is 5.69 Å². The lowest BCUT2D eigenvalue weighted by atomic mass is 10.0. The van der Waals surface area contributed by atoms with Crippen molar-refractivity contribution in [3.63, 3.8) is 0 Å². The highest BCUT2D eigenvalue weighted by molar-refractivity contribution is 6.03. The standard InChI is InChI=1S/C22H25N3O4/c1-15-22(28)25(3)18-14-17(4-6-20(18)29-15)19(26)5-7-21(27)24(2)13-10-16-8-11-23-12-9-16/h4,6,8-9,11-12,14-15H,5,7,10,13H2,1-3H3. The SMILES string of the molecule is CC1Oc2ccc(C(=O)CCC(=O)N(C)CCc3ccncc3)cc2N(C)C1=O. The molecule has 0 bridgehead atoms. The predicted molar refractivity (Wildman–Crippen MR) is 109 cm³/mol. The molecule has 0 aliphatic carbocycles. The number of pyridine rings is 1. The number of rotatable bonds is 7. The van der Waals surface area contributed by atoms with Crippen LogP contribution in [0.3, 0.4) is 0 Å². The molecule has 29 heavy (non-hydrogen) atoms. The van der Waals surface area contributed by atoms with Crippen LogP contribution in [-0.4, -0.2) is 54.2 Å². The zero-order chi connectivity index (χ0) is 21.0. The second-order valence-corrected chi connectivity index (χ2v) is 7.18. The summed E-state index contributed by atoms with van der Waals surface area (Å²) in [4.78, 5) is 44.1. The minimum atomic E-state index is -0.547. The van der Waals surface area contributed by atoms with Crippen molar-refractivity contribution in [2.45, 2.75) is 32.3 Å². The molecule has 0 spiro atoms. The van der Waals surface area contributed by atoms with Gasteiger partial charge in [-0.1, -0.05) is 0 Å². The third-order valence-corrected chi connectivity index (χ3v) is 5.10. The van der Waals surface area contributed by atoms with Crippen molar-refractivity contribution in [2.75, 3.05) is 25.5 Å². The number of hydrogen-bond acceptors (Lipinski definition) is 5. The summed E-state index contributed by atoms with van der Waals surface area (Å²) in [6.07, 6.45) is 3.91. The topological polar surface area (TPSA) is 79.8 Å². The zero-order valence-corrected chi connectivity index (χ0v) is 16.9. The summed E-state index contributed by atoms with van der Waals surface area (Å²) in [5, 5.41) is 0. The largest absolute Gasteiger partial charge is 0.479 e. The third kappa shape index (κ3) is 4.80. The van der Waals surface area contributed by atoms with Gasteiger partial charge in [0, 0.05) is 51.4 Å². The van der Waals surface area contributed by atoms with Crippen LogP contribution >= 0.6 is 0 Å². The molecule has 0 fully saturated rings. The summed E-state index contributed by atoms with van der Waals surface area (Å²) in [6, 6.07) is 8.87. The first-order chi connectivity index (χ1) is 13.9. The molecule has 1 aliphatic rings. The normalized spacial score (nSPS) is 15.5. The van der Waals surface area contributed by atoms with E-state index in [1.54, 1.807) is 56.5 Å². The second-order valence-electron chi connectivity index (χ2n) is 7.18. The third-order valence-electron chi connectivity index (χ3n) is 5.10. The van der Waals surface area contributed by atoms with Crippen LogP contribution in [0, 0.1) is 0 Å². The molecular weight excluding hydrogens is 370 g/mol. The molecule has 1 aliphatic heterocycles. The number of benzene rings is 1. The number of carbonyl (C=O) groups excluding carboxylic acids is 3. The molecule has 7 heteroatoms. The fourth-order valence-corrected chi connectivity index (χ4v) is 3.21. The van der Waals surface area contributed by atoms with E-state index < -0.39 is 6.10 Å². The summed E-state index contributed by atoms with van der Waals surface area (Å²) < 4.78 is 5.58. The van der Waals surface area contributed by atoms with Crippen molar-refractivity contribution in [3.8, 4) is 5.75 Å². The van der Waals surface area contributed by atoms with Crippen LogP contribution in [0.5, 0.6) is 5.75 Å². The minimum absolute atomic E-state index is 0.0742. The van der Waals surface area contributed by atoms with Crippen LogP contribution in [0.4, 0.5) is 5.69 Å². The number of anilines is 1. The molecule has 2 heterocycles. The first-order valence-corrected chi connectivity index (χ1v) is 9.61. The maximum Gasteiger partial charge on any atom is 0.267 e. The van der Waals surface area contributed by atoms with E-state index in [1.807, 2.05) is 12.1 Å². The molecule has 0 N–H and O–H groups in total. The van der Waals surface area contributed by atoms with Crippen molar-refractivity contribution in [2.24, 2.45) is 0 Å². The van der Waals surface area contributed by atoms with E-state index in [1.165, 1.54) is 4.90 Å². The van der Waals surface area contributed by atoms with Gasteiger partial charge in [0.1, 0.15) is 5.75 Å². The first kappa shape index (κ1) is 20.5. The van der Waals surface area contributed by atoms with Crippen LogP contribution in [0.1, 0.15) is 35.7 Å². The van der Waals surface area contributed by atoms with Crippen LogP contribution in [0.2, 0.25) is 0 Å². The summed E-state index contributed by atoms with van der Waals surface area (Å²) >= 11 is 0. The number of ether oxygens (including phenoxy) is 1. The van der Waals surface area contributed by atoms with E-state index in [2.05, 4.69) is 4.98 Å². The van der Waals surface area contributed by atoms with Gasteiger partial charge in [0.25, 0.3) is 5.91 Å². The van der Waals surface area contributed by atoms with Crippen LogP contribution < -0.4 is 9.64 Å². The smallest absolute Gasteiger partial charge is 0.267 e. The monoisotopic (exact) mass is 395 g/mol. The highest BCUT2D eigenvalue weighted by Crippen LogP contribution is 2.34. The van der Waals surface area contributed by atoms with Crippen molar-refractivity contribution >= 4 is 23.3 Å². The lowest BCUT2D eigenvalue weighted by molar-refractivity contribution is -0.129. The molecular formula is C22H25N3O4. The average molecular weight is 395 g/mol. The van der Waals surface area contributed by atoms with E-state index in [0.717, 1.165) is 12.0 Å². The Morgan fingerprint density at radius 1 is 1.17 bits per heavy atom. The van der Waals surface area contributed by atoms with Crippen LogP contribution in [0.15, 0.2) is 42.7 Å². The summed E-state index contributed by atoms with van der Waals surface area (Å²) in [5.74, 6) is 0.203. The van der Waals surface area contributed by atoms with Crippen LogP contribution in [0.25, 0.3) is 0 Å². The fraction of sp³-hybridized carbons (Fsp3) is 0.364. The Morgan fingerprint density at radius 3 is 2.62 bits per heavy atom. The molecule has 1 atom stereocenters. The van der Waals surface area contributed by atoms with Gasteiger partial charge in [0.2, 0.25) is 5.91 Å². The predicted octanol–water partition coefficient (Wildman–Crippen LogP) is 2.49. The molecule has 152 valence electrons. The molecule has 0 saturated carbocycles. The summed E-state index contributed by atoms with van der Waals surface area (Å²) in [5.41, 5.74) is 2.15. The Kier molecular flexibility index (Phi) is 6.26. The van der Waals surface area contributed by atoms with Crippen molar-refractivity contribution < 1.29 is 19.1 Å². The number of likely N-dealkylation sites (N-methyl/N-ethyl adjacent to an activating group) is 2. The first-order valence-electron chi connectivity index (χ1n) is 9.61. The zero-order valence-electron chi connectivity index (χ0n) is 16.9. The van der Waals surface area contributed by atoms with Gasteiger partial charge in [-0.15, -0.1) is 0 Å². The van der Waals surface area contributed by atoms with E-state index in [9.17, 15) is 14.4 Å². The number of ketones is 1. The molecule has 1 aromatic carbocycles. The van der Waals surface area contributed by atoms with E-state index in [-0.39, 0.29) is 30.4 Å². The van der Waals surface area contributed by atoms with Gasteiger partial charge in [-0.05, 0) is 49.2 Å². The molecule has 2 aromatic rings. The van der Waals surface area contributed by atoms with Gasteiger partial charge in [-0.2, -0.15) is 0 Å². The van der Waals surface area contributed by atoms with Gasteiger partial charge in [-0.25, -0.2) is 0 Å². The number of amides is 2. The van der Waals surface area contributed by atoms with Crippen molar-refractivity contribution in [3.05, 3.63) is 53.9 Å². The van der Waals surface area contributed by atoms with Gasteiger partial charge < -0.3 is 14.5 Å². The maximum atomic E-state index is 12.6. The summed E-state index contributed by atoms with van der Waals surface area (Å²) in [7, 11) is 3.40. The molecule has 1 aromatic heterocycles. The lowest BCUT2D eigenvalue weighted by Gasteiger charge is -2.30. The number of aromatic nitrogens is 1. The van der Waals surface area contributed by atoms with Crippen molar-refractivity contribution in [1.29, 1.82) is 0 Å². The molecule has 0 saturated heterocycles. The van der Waals surface area contributed by atoms with Gasteiger partial charge in [-0.3, -0.25) is 19.4 Å². The van der Waals surface area contributed by atoms with E-state index in [0.29, 0.717) is 23.5 Å². The average Bonchev–Trinajstić information content (AvgIpc) is 2.74. The maximum absolute atomic E-state index is 12.6. The Morgan fingerprint density at radius 2 is 1.90 bits per heavy atom. The molecule has 1 unspecified atom stereocenters. The molecule has 0 radical (unpaired) electrons. The van der Waals surface area contributed by atoms with Crippen molar-refractivity contribution in [1.82, 2.24) is 9.88 Å². The van der Waals surface area contributed by atoms with E-state index in [4.69, 9.17) is 4.74 Å². The lowest BCUT2D eigenvalue weighted by Crippen LogP contribution is -2.42.